The number of alkyl halides is 1. The number of halogens is 2. The van der Waals surface area contributed by atoms with Crippen molar-refractivity contribution < 1.29 is 9.50 Å². The molecule has 1 rings (SSSR count). The Bertz CT molecular complexity index is 318. The first kappa shape index (κ1) is 11.7. The summed E-state index contributed by atoms with van der Waals surface area (Å²) < 4.78 is 14.4. The van der Waals surface area contributed by atoms with Gasteiger partial charge in [0.2, 0.25) is 0 Å². The normalized spacial score (nSPS) is 11.8. The van der Waals surface area contributed by atoms with Gasteiger partial charge in [0.15, 0.2) is 0 Å². The lowest BCUT2D eigenvalue weighted by Gasteiger charge is -2.17. The van der Waals surface area contributed by atoms with Crippen molar-refractivity contribution in [3.63, 3.8) is 0 Å². The van der Waals surface area contributed by atoms with Crippen molar-refractivity contribution in [3.05, 3.63) is 33.8 Å². The van der Waals surface area contributed by atoms with E-state index in [0.29, 0.717) is 12.0 Å². The predicted molar refractivity (Wildman–Crippen MR) is 59.1 cm³/mol. The van der Waals surface area contributed by atoms with E-state index in [4.69, 9.17) is 5.11 Å². The van der Waals surface area contributed by atoms with E-state index in [1.165, 1.54) is 13.8 Å². The molecule has 0 aliphatic rings. The van der Waals surface area contributed by atoms with Gasteiger partial charge in [0.1, 0.15) is 5.67 Å². The Balaban J connectivity index is 3.02. The molecule has 0 bridgehead atoms. The van der Waals surface area contributed by atoms with Crippen molar-refractivity contribution in [2.45, 2.75) is 25.9 Å². The molecule has 0 aliphatic heterocycles. The summed E-state index contributed by atoms with van der Waals surface area (Å²) in [6, 6.07) is 5.46. The van der Waals surface area contributed by atoms with Crippen LogP contribution in [0.5, 0.6) is 0 Å². The van der Waals surface area contributed by atoms with E-state index < -0.39 is 5.67 Å². The molecule has 1 nitrogen and oxygen atoms in total. The molecular weight excluding hydrogens is 247 g/mol. The number of hydrogen-bond donors (Lipinski definition) is 1. The fourth-order valence-corrected chi connectivity index (χ4v) is 2.22. The maximum absolute atomic E-state index is 13.6. The smallest absolute Gasteiger partial charge is 0.131 e. The van der Waals surface area contributed by atoms with Crippen LogP contribution in [-0.2, 0) is 12.1 Å². The van der Waals surface area contributed by atoms with Gasteiger partial charge in [0.05, 0.1) is 0 Å². The standard InChI is InChI=1S/C11H14BrFO/c1-11(2,13)9-4-3-8(5-6-14)7-10(9)12/h3-4,7,14H,5-6H2,1-2H3. The lowest BCUT2D eigenvalue weighted by molar-refractivity contribution is 0.220. The minimum absolute atomic E-state index is 0.116. The van der Waals surface area contributed by atoms with Gasteiger partial charge in [-0.1, -0.05) is 28.1 Å². The van der Waals surface area contributed by atoms with Crippen LogP contribution in [-0.4, -0.2) is 11.7 Å². The van der Waals surface area contributed by atoms with Crippen molar-refractivity contribution in [1.29, 1.82) is 0 Å². The monoisotopic (exact) mass is 260 g/mol. The van der Waals surface area contributed by atoms with Gasteiger partial charge in [-0.3, -0.25) is 0 Å². The van der Waals surface area contributed by atoms with Gasteiger partial charge in [-0.25, -0.2) is 4.39 Å². The van der Waals surface area contributed by atoms with Crippen molar-refractivity contribution >= 4 is 15.9 Å². The Hall–Kier alpha value is -0.410. The summed E-state index contributed by atoms with van der Waals surface area (Å²) >= 11 is 3.33. The van der Waals surface area contributed by atoms with Crippen LogP contribution in [0.1, 0.15) is 25.0 Å². The number of aliphatic hydroxyl groups is 1. The molecule has 1 aromatic rings. The molecular formula is C11H14BrFO. The molecule has 0 amide bonds. The van der Waals surface area contributed by atoms with Crippen molar-refractivity contribution in [2.24, 2.45) is 0 Å². The molecule has 0 aromatic heterocycles. The van der Waals surface area contributed by atoms with Crippen LogP contribution in [0, 0.1) is 0 Å². The molecule has 14 heavy (non-hydrogen) atoms. The summed E-state index contributed by atoms with van der Waals surface area (Å²) in [5.74, 6) is 0. The van der Waals surface area contributed by atoms with Crippen molar-refractivity contribution in [3.8, 4) is 0 Å². The second kappa shape index (κ2) is 4.41. The van der Waals surface area contributed by atoms with E-state index >= 15 is 0 Å². The maximum Gasteiger partial charge on any atom is 0.131 e. The summed E-state index contributed by atoms with van der Waals surface area (Å²) in [6.07, 6.45) is 0.603. The van der Waals surface area contributed by atoms with Crippen LogP contribution < -0.4 is 0 Å². The first-order valence-electron chi connectivity index (χ1n) is 4.54. The lowest BCUT2D eigenvalue weighted by Crippen LogP contribution is -2.10. The van der Waals surface area contributed by atoms with Crippen molar-refractivity contribution in [1.82, 2.24) is 0 Å². The molecule has 1 N–H and O–H groups in total. The van der Waals surface area contributed by atoms with E-state index in [1.807, 2.05) is 12.1 Å². The zero-order valence-electron chi connectivity index (χ0n) is 8.35. The molecule has 0 atom stereocenters. The van der Waals surface area contributed by atoms with Gasteiger partial charge in [0.25, 0.3) is 0 Å². The zero-order valence-corrected chi connectivity index (χ0v) is 9.94. The van der Waals surface area contributed by atoms with E-state index in [0.717, 1.165) is 10.0 Å². The van der Waals surface area contributed by atoms with E-state index in [2.05, 4.69) is 15.9 Å². The van der Waals surface area contributed by atoms with Gasteiger partial charge in [0, 0.05) is 16.6 Å². The molecule has 1 aromatic carbocycles. The third-order valence-corrected chi connectivity index (χ3v) is 2.73. The Kier molecular flexibility index (Phi) is 3.67. The van der Waals surface area contributed by atoms with Crippen LogP contribution in [0.2, 0.25) is 0 Å². The molecule has 0 unspecified atom stereocenters. The van der Waals surface area contributed by atoms with Gasteiger partial charge in [-0.2, -0.15) is 0 Å². The molecule has 0 saturated carbocycles. The highest BCUT2D eigenvalue weighted by Gasteiger charge is 2.21. The minimum atomic E-state index is -1.34. The molecule has 0 fully saturated rings. The van der Waals surface area contributed by atoms with Gasteiger partial charge >= 0.3 is 0 Å². The second-order valence-electron chi connectivity index (χ2n) is 3.76. The summed E-state index contributed by atoms with van der Waals surface area (Å²) in [6.45, 7) is 3.17. The molecule has 0 aliphatic carbocycles. The fraction of sp³-hybridized carbons (Fsp3) is 0.455. The first-order chi connectivity index (χ1) is 6.45. The Morgan fingerprint density at radius 1 is 1.43 bits per heavy atom. The molecule has 0 radical (unpaired) electrons. The molecule has 0 saturated heterocycles. The largest absolute Gasteiger partial charge is 0.396 e. The van der Waals surface area contributed by atoms with Crippen molar-refractivity contribution in [2.75, 3.05) is 6.61 Å². The highest BCUT2D eigenvalue weighted by molar-refractivity contribution is 9.10. The molecule has 0 heterocycles. The van der Waals surface area contributed by atoms with Gasteiger partial charge in [-0.15, -0.1) is 0 Å². The topological polar surface area (TPSA) is 20.2 Å². The van der Waals surface area contributed by atoms with E-state index in [9.17, 15) is 4.39 Å². The number of rotatable bonds is 3. The Morgan fingerprint density at radius 2 is 2.07 bits per heavy atom. The molecule has 78 valence electrons. The van der Waals surface area contributed by atoms with Crippen LogP contribution >= 0.6 is 15.9 Å². The zero-order chi connectivity index (χ0) is 10.8. The minimum Gasteiger partial charge on any atom is -0.396 e. The van der Waals surface area contributed by atoms with E-state index in [1.54, 1.807) is 6.07 Å². The average Bonchev–Trinajstić information content (AvgIpc) is 2.02. The van der Waals surface area contributed by atoms with Crippen LogP contribution in [0.15, 0.2) is 22.7 Å². The highest BCUT2D eigenvalue weighted by atomic mass is 79.9. The third kappa shape index (κ3) is 2.79. The van der Waals surface area contributed by atoms with Gasteiger partial charge < -0.3 is 5.11 Å². The van der Waals surface area contributed by atoms with Crippen LogP contribution in [0.4, 0.5) is 4.39 Å². The van der Waals surface area contributed by atoms with E-state index in [-0.39, 0.29) is 6.61 Å². The average molecular weight is 261 g/mol. The maximum atomic E-state index is 13.6. The Morgan fingerprint density at radius 3 is 2.50 bits per heavy atom. The van der Waals surface area contributed by atoms with Crippen LogP contribution in [0.3, 0.4) is 0 Å². The summed E-state index contributed by atoms with van der Waals surface area (Å²) in [5.41, 5.74) is 0.308. The first-order valence-corrected chi connectivity index (χ1v) is 5.33. The Labute approximate surface area is 92.1 Å². The number of aliphatic hydroxyl groups excluding tert-OH is 1. The summed E-state index contributed by atoms with van der Waals surface area (Å²) in [4.78, 5) is 0. The number of hydrogen-bond acceptors (Lipinski definition) is 1. The summed E-state index contributed by atoms with van der Waals surface area (Å²) in [7, 11) is 0. The SMILES string of the molecule is CC(C)(F)c1ccc(CCO)cc1Br. The molecule has 0 spiro atoms. The molecule has 3 heteroatoms. The van der Waals surface area contributed by atoms with Gasteiger partial charge in [-0.05, 0) is 31.9 Å². The third-order valence-electron chi connectivity index (χ3n) is 2.07. The quantitative estimate of drug-likeness (QED) is 0.885. The summed E-state index contributed by atoms with van der Waals surface area (Å²) in [5, 5.41) is 8.75. The highest BCUT2D eigenvalue weighted by Crippen LogP contribution is 2.31. The fourth-order valence-electron chi connectivity index (χ4n) is 1.33. The number of benzene rings is 1. The van der Waals surface area contributed by atoms with Crippen LogP contribution in [0.25, 0.3) is 0 Å². The second-order valence-corrected chi connectivity index (χ2v) is 4.61. The lowest BCUT2D eigenvalue weighted by atomic mass is 9.98. The predicted octanol–water partition coefficient (Wildman–Crippen LogP) is 3.19.